The van der Waals surface area contributed by atoms with Gasteiger partial charge in [0.25, 0.3) is 5.91 Å². The molecule has 2 aromatic carbocycles. The molecule has 1 aromatic heterocycles. The maximum Gasteiger partial charge on any atom is 0.257 e. The van der Waals surface area contributed by atoms with Crippen LogP contribution in [0.2, 0.25) is 0 Å². The normalized spacial score (nSPS) is 16.7. The molecule has 0 radical (unpaired) electrons. The lowest BCUT2D eigenvalue weighted by Gasteiger charge is -2.47. The Kier molecular flexibility index (Phi) is 3.73. The minimum atomic E-state index is -0.866. The molecule has 2 aliphatic heterocycles. The Morgan fingerprint density at radius 1 is 1.11 bits per heavy atom. The van der Waals surface area contributed by atoms with Crippen molar-refractivity contribution in [2.24, 2.45) is 0 Å². The van der Waals surface area contributed by atoms with Crippen LogP contribution in [0.15, 0.2) is 54.7 Å². The molecule has 5 rings (SSSR count). The number of hydrogen-bond acceptors (Lipinski definition) is 4. The molecule has 1 saturated heterocycles. The molecule has 0 atom stereocenters. The van der Waals surface area contributed by atoms with Gasteiger partial charge in [-0.05, 0) is 12.1 Å². The summed E-state index contributed by atoms with van der Waals surface area (Å²) in [5.74, 6) is -1.44. The molecule has 0 N–H and O–H groups in total. The van der Waals surface area contributed by atoms with Gasteiger partial charge in [-0.1, -0.05) is 30.3 Å². The summed E-state index contributed by atoms with van der Waals surface area (Å²) in [6.45, 7) is 0.901. The van der Waals surface area contributed by atoms with Gasteiger partial charge < -0.3 is 9.64 Å². The van der Waals surface area contributed by atoms with E-state index in [1.54, 1.807) is 6.20 Å². The van der Waals surface area contributed by atoms with E-state index in [-0.39, 0.29) is 18.7 Å². The number of benzene rings is 2. The molecule has 5 nitrogen and oxygen atoms in total. The molecule has 1 amide bonds. The lowest BCUT2D eigenvalue weighted by molar-refractivity contribution is -0.126. The van der Waals surface area contributed by atoms with E-state index in [4.69, 9.17) is 4.74 Å². The zero-order valence-corrected chi connectivity index (χ0v) is 14.7. The second kappa shape index (κ2) is 6.17. The number of likely N-dealkylation sites (tertiary alicyclic amines) is 1. The minimum Gasteiger partial charge on any atom is -0.360 e. The van der Waals surface area contributed by atoms with Gasteiger partial charge >= 0.3 is 0 Å². The topological polar surface area (TPSA) is 55.3 Å². The molecule has 0 bridgehead atoms. The van der Waals surface area contributed by atoms with Gasteiger partial charge in [-0.25, -0.2) is 18.7 Å². The first kappa shape index (κ1) is 16.9. The molecule has 2 aliphatic rings. The first-order chi connectivity index (χ1) is 13.6. The number of ether oxygens (including phenoxy) is 1. The molecule has 1 spiro atoms. The zero-order chi connectivity index (χ0) is 19.3. The van der Waals surface area contributed by atoms with Crippen LogP contribution in [0.1, 0.15) is 21.6 Å². The summed E-state index contributed by atoms with van der Waals surface area (Å²) in [5.41, 5.74) is 1.77. The van der Waals surface area contributed by atoms with E-state index in [1.165, 1.54) is 4.90 Å². The van der Waals surface area contributed by atoms with Crippen molar-refractivity contribution < 1.29 is 18.3 Å². The molecular formula is C21H15F2N3O2. The van der Waals surface area contributed by atoms with Crippen molar-refractivity contribution in [3.8, 4) is 11.4 Å². The number of hydrogen-bond donors (Lipinski definition) is 0. The van der Waals surface area contributed by atoms with Gasteiger partial charge in [0, 0.05) is 23.4 Å². The van der Waals surface area contributed by atoms with Crippen LogP contribution in [-0.2, 0) is 16.9 Å². The van der Waals surface area contributed by atoms with Crippen LogP contribution in [0.25, 0.3) is 11.4 Å². The van der Waals surface area contributed by atoms with Gasteiger partial charge in [-0.2, -0.15) is 0 Å². The lowest BCUT2D eigenvalue weighted by atomic mass is 9.87. The van der Waals surface area contributed by atoms with Crippen molar-refractivity contribution >= 4 is 5.91 Å². The largest absolute Gasteiger partial charge is 0.360 e. The smallest absolute Gasteiger partial charge is 0.257 e. The molecule has 1 fully saturated rings. The molecular weight excluding hydrogens is 364 g/mol. The van der Waals surface area contributed by atoms with Gasteiger partial charge in [0.05, 0.1) is 31.0 Å². The number of nitrogens with zero attached hydrogens (tertiary/aromatic N) is 3. The number of carbonyl (C=O) groups is 1. The summed E-state index contributed by atoms with van der Waals surface area (Å²) in [6, 6.07) is 12.6. The summed E-state index contributed by atoms with van der Waals surface area (Å²) in [4.78, 5) is 23.1. The van der Waals surface area contributed by atoms with Crippen molar-refractivity contribution in [1.82, 2.24) is 14.9 Å². The fourth-order valence-corrected chi connectivity index (χ4v) is 3.73. The number of aromatic nitrogens is 2. The number of halogens is 2. The summed E-state index contributed by atoms with van der Waals surface area (Å²) in [7, 11) is 0. The second-order valence-corrected chi connectivity index (χ2v) is 6.99. The molecule has 0 saturated carbocycles. The predicted molar refractivity (Wildman–Crippen MR) is 96.2 cm³/mol. The highest BCUT2D eigenvalue weighted by atomic mass is 19.1. The monoisotopic (exact) mass is 379 g/mol. The van der Waals surface area contributed by atoms with Crippen molar-refractivity contribution in [2.45, 2.75) is 12.2 Å². The number of amides is 1. The van der Waals surface area contributed by atoms with E-state index in [9.17, 15) is 13.6 Å². The highest BCUT2D eigenvalue weighted by Gasteiger charge is 2.52. The third-order valence-electron chi connectivity index (χ3n) is 5.22. The van der Waals surface area contributed by atoms with Gasteiger partial charge in [0.15, 0.2) is 5.82 Å². The maximum atomic E-state index is 13.9. The Hall–Kier alpha value is -3.19. The van der Waals surface area contributed by atoms with E-state index < -0.39 is 23.1 Å². The van der Waals surface area contributed by atoms with E-state index in [0.717, 1.165) is 29.0 Å². The van der Waals surface area contributed by atoms with Gasteiger partial charge in [0.1, 0.15) is 17.2 Å². The summed E-state index contributed by atoms with van der Waals surface area (Å²) < 4.78 is 32.9. The number of fused-ring (bicyclic) bond motifs is 2. The molecule has 140 valence electrons. The van der Waals surface area contributed by atoms with Crippen molar-refractivity contribution in [2.75, 3.05) is 13.1 Å². The van der Waals surface area contributed by atoms with Gasteiger partial charge in [-0.15, -0.1) is 0 Å². The average Bonchev–Trinajstić information content (AvgIpc) is 3.06. The first-order valence-corrected chi connectivity index (χ1v) is 8.86. The lowest BCUT2D eigenvalue weighted by Crippen LogP contribution is -2.61. The van der Waals surface area contributed by atoms with Crippen LogP contribution in [0.4, 0.5) is 8.78 Å². The quantitative estimate of drug-likeness (QED) is 0.686. The van der Waals surface area contributed by atoms with Crippen LogP contribution in [-0.4, -0.2) is 33.9 Å². The minimum absolute atomic E-state index is 0.148. The fourth-order valence-electron chi connectivity index (χ4n) is 3.73. The number of carbonyl (C=O) groups excluding carboxylic acids is 1. The third kappa shape index (κ3) is 2.58. The highest BCUT2D eigenvalue weighted by molar-refractivity contribution is 5.95. The summed E-state index contributed by atoms with van der Waals surface area (Å²) >= 11 is 0. The van der Waals surface area contributed by atoms with Crippen LogP contribution in [0.3, 0.4) is 0 Å². The standard InChI is InChI=1S/C21H15F2N3O2/c22-14-6-7-15(17(23)8-14)20(27)26-11-21(12-26)16-9-24-19(25-18(16)10-28-21)13-4-2-1-3-5-13/h1-9H,10-12H2. The van der Waals surface area contributed by atoms with Gasteiger partial charge in [0.2, 0.25) is 0 Å². The SMILES string of the molecule is O=C(c1ccc(F)cc1F)N1CC2(C1)OCc1nc(-c3ccccc3)ncc12. The molecule has 28 heavy (non-hydrogen) atoms. The zero-order valence-electron chi connectivity index (χ0n) is 14.7. The molecule has 0 unspecified atom stereocenters. The Morgan fingerprint density at radius 2 is 1.89 bits per heavy atom. The van der Waals surface area contributed by atoms with Crippen LogP contribution < -0.4 is 0 Å². The van der Waals surface area contributed by atoms with E-state index in [2.05, 4.69) is 9.97 Å². The molecule has 0 aliphatic carbocycles. The summed E-state index contributed by atoms with van der Waals surface area (Å²) in [5, 5.41) is 0. The van der Waals surface area contributed by atoms with E-state index in [0.29, 0.717) is 18.5 Å². The van der Waals surface area contributed by atoms with Gasteiger partial charge in [-0.3, -0.25) is 4.79 Å². The number of rotatable bonds is 2. The van der Waals surface area contributed by atoms with Crippen LogP contribution in [0, 0.1) is 11.6 Å². The van der Waals surface area contributed by atoms with Crippen molar-refractivity contribution in [3.05, 3.63) is 83.2 Å². The maximum absolute atomic E-state index is 13.9. The fraction of sp³-hybridized carbons (Fsp3) is 0.190. The molecule has 3 heterocycles. The highest BCUT2D eigenvalue weighted by Crippen LogP contribution is 2.43. The Morgan fingerprint density at radius 3 is 2.64 bits per heavy atom. The van der Waals surface area contributed by atoms with Crippen LogP contribution in [0.5, 0.6) is 0 Å². The Balaban J connectivity index is 1.37. The van der Waals surface area contributed by atoms with E-state index >= 15 is 0 Å². The molecule has 7 heteroatoms. The van der Waals surface area contributed by atoms with E-state index in [1.807, 2.05) is 30.3 Å². The summed E-state index contributed by atoms with van der Waals surface area (Å²) in [6.07, 6.45) is 1.75. The average molecular weight is 379 g/mol. The predicted octanol–water partition coefficient (Wildman–Crippen LogP) is 3.30. The molecule has 3 aromatic rings. The van der Waals surface area contributed by atoms with Crippen molar-refractivity contribution in [3.63, 3.8) is 0 Å². The third-order valence-corrected chi connectivity index (χ3v) is 5.22. The van der Waals surface area contributed by atoms with Crippen LogP contribution >= 0.6 is 0 Å². The Labute approximate surface area is 159 Å². The second-order valence-electron chi connectivity index (χ2n) is 6.99. The van der Waals surface area contributed by atoms with Crippen molar-refractivity contribution in [1.29, 1.82) is 0 Å². The first-order valence-electron chi connectivity index (χ1n) is 8.86. The Bertz CT molecular complexity index is 1080.